The van der Waals surface area contributed by atoms with Crippen molar-refractivity contribution in [1.29, 1.82) is 0 Å². The van der Waals surface area contributed by atoms with E-state index in [1.807, 2.05) is 62.1 Å². The van der Waals surface area contributed by atoms with Crippen molar-refractivity contribution in [1.82, 2.24) is 0 Å². The van der Waals surface area contributed by atoms with Gasteiger partial charge in [-0.1, -0.05) is 73.0 Å². The van der Waals surface area contributed by atoms with Crippen LogP contribution in [0.1, 0.15) is 30.5 Å². The van der Waals surface area contributed by atoms with Crippen LogP contribution in [-0.4, -0.2) is 18.1 Å². The van der Waals surface area contributed by atoms with Gasteiger partial charge in [-0.15, -0.1) is 0 Å². The SMILES string of the molecule is C=C/C(C#Cc1ccccc1CP(C)(=C=O)c1ccccc1C)=C\C=C(/C)C(C)=O. The Morgan fingerprint density at radius 3 is 2.37 bits per heavy atom. The third-order valence-electron chi connectivity index (χ3n) is 4.98. The fraction of sp³-hybridized carbons (Fsp3) is 0.185. The first-order chi connectivity index (χ1) is 14.3. The van der Waals surface area contributed by atoms with E-state index in [4.69, 9.17) is 0 Å². The number of carbonyl (C=O) groups is 1. The van der Waals surface area contributed by atoms with Gasteiger partial charge in [0.05, 0.1) is 0 Å². The maximum atomic E-state index is 12.0. The maximum Gasteiger partial charge on any atom is 0.155 e. The Kier molecular flexibility index (Phi) is 8.20. The summed E-state index contributed by atoms with van der Waals surface area (Å²) < 4.78 is 0. The first-order valence-corrected chi connectivity index (χ1v) is 12.2. The van der Waals surface area contributed by atoms with Crippen LogP contribution in [0.5, 0.6) is 0 Å². The van der Waals surface area contributed by atoms with Gasteiger partial charge >= 0.3 is 0 Å². The molecule has 0 spiro atoms. The number of benzene rings is 2. The topological polar surface area (TPSA) is 34.1 Å². The van der Waals surface area contributed by atoms with E-state index in [2.05, 4.69) is 24.1 Å². The van der Waals surface area contributed by atoms with Crippen molar-refractivity contribution in [3.8, 4) is 11.8 Å². The number of rotatable bonds is 6. The van der Waals surface area contributed by atoms with Crippen LogP contribution in [-0.2, 0) is 15.8 Å². The smallest absolute Gasteiger partial charge is 0.155 e. The van der Waals surface area contributed by atoms with E-state index >= 15 is 0 Å². The third kappa shape index (κ3) is 5.95. The Hall–Kier alpha value is -3.10. The summed E-state index contributed by atoms with van der Waals surface area (Å²) in [6.45, 7) is 9.04. The number of ketones is 1. The van der Waals surface area contributed by atoms with Gasteiger partial charge in [-0.3, -0.25) is 4.79 Å². The highest BCUT2D eigenvalue weighted by atomic mass is 31.2. The molecule has 0 N–H and O–H groups in total. The van der Waals surface area contributed by atoms with Gasteiger partial charge in [0.15, 0.2) is 5.78 Å². The number of Topliss-reactive ketones (excluding diaryl/α,β-unsaturated/α-hetero) is 1. The summed E-state index contributed by atoms with van der Waals surface area (Å²) in [4.78, 5) is 23.4. The van der Waals surface area contributed by atoms with Crippen LogP contribution in [0, 0.1) is 18.8 Å². The minimum atomic E-state index is -2.14. The molecule has 1 atom stereocenters. The molecule has 0 aliphatic heterocycles. The molecule has 0 aromatic heterocycles. The van der Waals surface area contributed by atoms with Gasteiger partial charge in [0.1, 0.15) is 5.66 Å². The monoisotopic (exact) mass is 414 g/mol. The summed E-state index contributed by atoms with van der Waals surface area (Å²) >= 11 is 0. The molecule has 3 heteroatoms. The Morgan fingerprint density at radius 2 is 1.73 bits per heavy atom. The molecule has 0 saturated heterocycles. The summed E-state index contributed by atoms with van der Waals surface area (Å²) in [6, 6.07) is 15.9. The fourth-order valence-corrected chi connectivity index (χ4v) is 5.60. The molecule has 152 valence electrons. The van der Waals surface area contributed by atoms with Gasteiger partial charge in [0.25, 0.3) is 0 Å². The molecule has 0 saturated carbocycles. The molecule has 0 aliphatic carbocycles. The van der Waals surface area contributed by atoms with Crippen molar-refractivity contribution >= 4 is 23.6 Å². The van der Waals surface area contributed by atoms with Crippen LogP contribution >= 0.6 is 6.89 Å². The van der Waals surface area contributed by atoms with Crippen LogP contribution in [0.15, 0.2) is 84.5 Å². The van der Waals surface area contributed by atoms with Crippen LogP contribution < -0.4 is 5.30 Å². The van der Waals surface area contributed by atoms with E-state index in [0.717, 1.165) is 27.6 Å². The van der Waals surface area contributed by atoms with Gasteiger partial charge in [-0.2, -0.15) is 0 Å². The predicted octanol–water partition coefficient (Wildman–Crippen LogP) is 5.53. The highest BCUT2D eigenvalue weighted by Gasteiger charge is 2.19. The molecular weight excluding hydrogens is 387 g/mol. The van der Waals surface area contributed by atoms with Gasteiger partial charge < -0.3 is 0 Å². The summed E-state index contributed by atoms with van der Waals surface area (Å²) in [6.07, 6.45) is 5.83. The molecule has 30 heavy (non-hydrogen) atoms. The molecule has 0 amide bonds. The van der Waals surface area contributed by atoms with E-state index in [-0.39, 0.29) is 5.78 Å². The number of allylic oxidation sites excluding steroid dienone is 5. The van der Waals surface area contributed by atoms with Crippen molar-refractivity contribution in [2.45, 2.75) is 26.9 Å². The first-order valence-electron chi connectivity index (χ1n) is 9.73. The second kappa shape index (κ2) is 10.6. The second-order valence-corrected chi connectivity index (χ2v) is 10.7. The number of hydrogen-bond acceptors (Lipinski definition) is 2. The normalized spacial score (nSPS) is 13.5. The molecule has 0 heterocycles. The number of hydrogen-bond donors (Lipinski definition) is 0. The lowest BCUT2D eigenvalue weighted by molar-refractivity contribution is -0.113. The molecule has 0 radical (unpaired) electrons. The van der Waals surface area contributed by atoms with Gasteiger partial charge in [0.2, 0.25) is 0 Å². The summed E-state index contributed by atoms with van der Waals surface area (Å²) in [7, 11) is 0. The molecule has 0 aliphatic rings. The average molecular weight is 414 g/mol. The Labute approximate surface area is 180 Å². The minimum Gasteiger partial charge on any atom is -0.295 e. The van der Waals surface area contributed by atoms with E-state index < -0.39 is 6.89 Å². The van der Waals surface area contributed by atoms with Crippen LogP contribution in [0.4, 0.5) is 0 Å². The predicted molar refractivity (Wildman–Crippen MR) is 129 cm³/mol. The zero-order chi connectivity index (χ0) is 22.1. The Balaban J connectivity index is 2.44. The van der Waals surface area contributed by atoms with Gasteiger partial charge in [0, 0.05) is 24.2 Å². The largest absolute Gasteiger partial charge is 0.295 e. The van der Waals surface area contributed by atoms with Crippen molar-refractivity contribution in [3.63, 3.8) is 0 Å². The summed E-state index contributed by atoms with van der Waals surface area (Å²) in [5, 5.41) is 1.08. The Bertz CT molecular complexity index is 1160. The van der Waals surface area contributed by atoms with Crippen LogP contribution in [0.25, 0.3) is 0 Å². The van der Waals surface area contributed by atoms with Gasteiger partial charge in [-0.25, -0.2) is 4.79 Å². The molecule has 0 fully saturated rings. The van der Waals surface area contributed by atoms with Crippen molar-refractivity contribution in [2.24, 2.45) is 0 Å². The lowest BCUT2D eigenvalue weighted by Gasteiger charge is -2.20. The second-order valence-electron chi connectivity index (χ2n) is 7.37. The van der Waals surface area contributed by atoms with E-state index in [1.165, 1.54) is 6.92 Å². The average Bonchev–Trinajstić information content (AvgIpc) is 2.74. The molecule has 2 rings (SSSR count). The highest BCUT2D eigenvalue weighted by molar-refractivity contribution is 7.79. The first kappa shape index (κ1) is 23.2. The van der Waals surface area contributed by atoms with Gasteiger partial charge in [-0.05, 0) is 61.6 Å². The Morgan fingerprint density at radius 1 is 1.07 bits per heavy atom. The summed E-state index contributed by atoms with van der Waals surface area (Å²) in [5.74, 6) is 6.37. The molecule has 2 aromatic rings. The van der Waals surface area contributed by atoms with E-state index in [1.54, 1.807) is 25.2 Å². The number of carbonyl (C=O) groups excluding carboxylic acids is 2. The molecule has 1 unspecified atom stereocenters. The third-order valence-corrected chi connectivity index (χ3v) is 7.92. The van der Waals surface area contributed by atoms with Crippen molar-refractivity contribution in [2.75, 3.05) is 6.66 Å². The molecule has 2 nitrogen and oxygen atoms in total. The van der Waals surface area contributed by atoms with E-state index in [9.17, 15) is 9.59 Å². The zero-order valence-corrected chi connectivity index (χ0v) is 18.9. The summed E-state index contributed by atoms with van der Waals surface area (Å²) in [5.41, 5.74) is 6.80. The minimum absolute atomic E-state index is 0.0255. The maximum absolute atomic E-state index is 12.0. The lowest BCUT2D eigenvalue weighted by Crippen LogP contribution is -2.11. The van der Waals surface area contributed by atoms with Crippen LogP contribution in [0.2, 0.25) is 0 Å². The molecular formula is C27H27O2P. The van der Waals surface area contributed by atoms with E-state index in [0.29, 0.717) is 11.7 Å². The lowest BCUT2D eigenvalue weighted by atomic mass is 10.1. The quantitative estimate of drug-likeness (QED) is 0.269. The van der Waals surface area contributed by atoms with Crippen molar-refractivity contribution in [3.05, 3.63) is 101 Å². The zero-order valence-electron chi connectivity index (χ0n) is 18.0. The molecule has 2 aromatic carbocycles. The number of aryl methyl sites for hydroxylation is 1. The highest BCUT2D eigenvalue weighted by Crippen LogP contribution is 2.45. The standard InChI is InChI=1S/C27H27O2P/c1-6-24(16-15-21(2)23(4)29)17-18-25-12-8-9-13-26(25)19-30(5,20-28)27-14-10-7-11-22(27)3/h6-16H,1,19H2,2-5H3/b21-15+,24-16+. The van der Waals surface area contributed by atoms with Crippen LogP contribution in [0.3, 0.4) is 0 Å². The van der Waals surface area contributed by atoms with Crippen molar-refractivity contribution < 1.29 is 9.59 Å². The fourth-order valence-electron chi connectivity index (χ4n) is 3.04. The molecule has 0 bridgehead atoms.